The molecule has 0 aliphatic rings. The van der Waals surface area contributed by atoms with Crippen LogP contribution in [0.25, 0.3) is 10.1 Å². The van der Waals surface area contributed by atoms with Crippen LogP contribution in [-0.2, 0) is 20.0 Å². The Bertz CT molecular complexity index is 757. The van der Waals surface area contributed by atoms with Crippen molar-refractivity contribution < 1.29 is 18.7 Å². The van der Waals surface area contributed by atoms with Crippen LogP contribution in [0.1, 0.15) is 15.2 Å². The number of hydrogen-bond donors (Lipinski definition) is 0. The van der Waals surface area contributed by atoms with Gasteiger partial charge in [0.15, 0.2) is 0 Å². The molecule has 124 valence electrons. The minimum atomic E-state index is -3.15. The predicted molar refractivity (Wildman–Crippen MR) is 98.8 cm³/mol. The summed E-state index contributed by atoms with van der Waals surface area (Å²) >= 11 is 16.9. The van der Waals surface area contributed by atoms with Crippen molar-refractivity contribution in [2.75, 3.05) is 6.61 Å². The molecule has 0 N–H and O–H groups in total. The third kappa shape index (κ3) is 7.34. The Balaban J connectivity index is 0.000000816. The Morgan fingerprint density at radius 1 is 1.39 bits per heavy atom. The SMILES string of the molecule is C=CCOC(=O)c1cc2cc(CP(=O)(Cl)Cl)ccc2s1.O=PCl. The van der Waals surface area contributed by atoms with E-state index >= 15 is 0 Å². The number of benzene rings is 1. The van der Waals surface area contributed by atoms with Gasteiger partial charge in [-0.15, -0.1) is 11.3 Å². The summed E-state index contributed by atoms with van der Waals surface area (Å²) in [6.07, 6.45) is 1.62. The lowest BCUT2D eigenvalue weighted by Gasteiger charge is -2.01. The van der Waals surface area contributed by atoms with Gasteiger partial charge in [-0.1, -0.05) is 18.7 Å². The van der Waals surface area contributed by atoms with Crippen LogP contribution in [0.5, 0.6) is 0 Å². The maximum Gasteiger partial charge on any atom is 0.348 e. The highest BCUT2D eigenvalue weighted by molar-refractivity contribution is 8.08. The van der Waals surface area contributed by atoms with Crippen molar-refractivity contribution in [3.8, 4) is 0 Å². The highest BCUT2D eigenvalue weighted by atomic mass is 35.9. The van der Waals surface area contributed by atoms with Gasteiger partial charge in [0.1, 0.15) is 11.5 Å². The van der Waals surface area contributed by atoms with Crippen molar-refractivity contribution in [1.82, 2.24) is 0 Å². The van der Waals surface area contributed by atoms with Crippen LogP contribution in [0.15, 0.2) is 36.9 Å². The molecule has 10 heteroatoms. The normalized spacial score (nSPS) is 10.9. The van der Waals surface area contributed by atoms with Crippen LogP contribution in [0, 0.1) is 0 Å². The quantitative estimate of drug-likeness (QED) is 0.295. The Labute approximate surface area is 153 Å². The number of carbonyl (C=O) groups excluding carboxylic acids is 1. The predicted octanol–water partition coefficient (Wildman–Crippen LogP) is 6.85. The van der Waals surface area contributed by atoms with Crippen molar-refractivity contribution in [3.63, 3.8) is 0 Å². The lowest BCUT2D eigenvalue weighted by molar-refractivity contribution is 0.0555. The molecule has 0 saturated heterocycles. The fourth-order valence-electron chi connectivity index (χ4n) is 1.71. The van der Waals surface area contributed by atoms with Crippen LogP contribution < -0.4 is 0 Å². The fraction of sp³-hybridized carbons (Fsp3) is 0.154. The molecule has 0 aliphatic heterocycles. The summed E-state index contributed by atoms with van der Waals surface area (Å²) in [6, 6.07) is 7.22. The van der Waals surface area contributed by atoms with E-state index in [1.807, 2.05) is 12.1 Å². The van der Waals surface area contributed by atoms with Crippen molar-refractivity contribution in [2.24, 2.45) is 0 Å². The minimum Gasteiger partial charge on any atom is -0.457 e. The van der Waals surface area contributed by atoms with Crippen molar-refractivity contribution in [1.29, 1.82) is 0 Å². The number of fused-ring (bicyclic) bond motifs is 1. The zero-order chi connectivity index (χ0) is 17.5. The lowest BCUT2D eigenvalue weighted by Crippen LogP contribution is -2.02. The fourth-order valence-corrected chi connectivity index (χ4v) is 4.10. The molecule has 0 saturated carbocycles. The molecule has 1 heterocycles. The summed E-state index contributed by atoms with van der Waals surface area (Å²) in [7, 11) is -0.361. The summed E-state index contributed by atoms with van der Waals surface area (Å²) in [5, 5.41) is 0.875. The van der Waals surface area contributed by atoms with Crippen LogP contribution >= 0.6 is 58.7 Å². The maximum absolute atomic E-state index is 11.7. The van der Waals surface area contributed by atoms with Crippen molar-refractivity contribution >= 4 is 74.8 Å². The van der Waals surface area contributed by atoms with E-state index in [-0.39, 0.29) is 26.6 Å². The summed E-state index contributed by atoms with van der Waals surface area (Å²) in [6.45, 7) is 3.67. The first kappa shape index (κ1) is 20.6. The average molecular weight is 432 g/mol. The van der Waals surface area contributed by atoms with Gasteiger partial charge in [0, 0.05) is 4.70 Å². The molecule has 0 bridgehead atoms. The molecule has 0 fully saturated rings. The molecule has 23 heavy (non-hydrogen) atoms. The average Bonchev–Trinajstić information content (AvgIpc) is 2.87. The Kier molecular flexibility index (Phi) is 8.78. The summed E-state index contributed by atoms with van der Waals surface area (Å²) in [5.41, 5.74) is 0.773. The molecule has 4 nitrogen and oxygen atoms in total. The molecule has 1 aromatic heterocycles. The van der Waals surface area contributed by atoms with Crippen molar-refractivity contribution in [2.45, 2.75) is 6.16 Å². The van der Waals surface area contributed by atoms with E-state index in [9.17, 15) is 9.36 Å². The van der Waals surface area contributed by atoms with Gasteiger partial charge in [-0.05, 0) is 62.9 Å². The first-order chi connectivity index (χ1) is 10.8. The summed E-state index contributed by atoms with van der Waals surface area (Å²) < 4.78 is 26.0. The van der Waals surface area contributed by atoms with Crippen LogP contribution in [0.3, 0.4) is 0 Å². The van der Waals surface area contributed by atoms with Gasteiger partial charge in [0.05, 0.1) is 6.16 Å². The Hall–Kier alpha value is -0.410. The van der Waals surface area contributed by atoms with E-state index < -0.39 is 5.85 Å². The smallest absolute Gasteiger partial charge is 0.348 e. The van der Waals surface area contributed by atoms with Gasteiger partial charge in [0.2, 0.25) is 0 Å². The van der Waals surface area contributed by atoms with Gasteiger partial charge in [-0.2, -0.15) is 0 Å². The van der Waals surface area contributed by atoms with E-state index in [4.69, 9.17) is 31.8 Å². The summed E-state index contributed by atoms with van der Waals surface area (Å²) in [4.78, 5) is 12.3. The number of rotatable bonds is 5. The lowest BCUT2D eigenvalue weighted by atomic mass is 10.2. The molecule has 1 aromatic carbocycles. The molecule has 0 amide bonds. The maximum atomic E-state index is 11.7. The minimum absolute atomic E-state index is 0.109. The number of ether oxygens (including phenoxy) is 1. The molecule has 0 unspecified atom stereocenters. The number of esters is 1. The standard InChI is InChI=1S/C13H11Cl2O3PS.ClOP/c1-2-5-18-13(16)12-7-10-6-9(8-19(14,15)17)3-4-11(10)20-12;1-3-2/h2-4,6-7H,1,5,8H2;. The van der Waals surface area contributed by atoms with Gasteiger partial charge >= 0.3 is 5.97 Å². The Morgan fingerprint density at radius 2 is 2.04 bits per heavy atom. The highest BCUT2D eigenvalue weighted by Gasteiger charge is 2.16. The van der Waals surface area contributed by atoms with E-state index in [1.165, 1.54) is 17.4 Å². The zero-order valence-corrected chi connectivity index (χ0v) is 16.5. The van der Waals surface area contributed by atoms with Gasteiger partial charge in [-0.3, -0.25) is 9.13 Å². The monoisotopic (exact) mass is 430 g/mol. The number of halogens is 3. The first-order valence-electron chi connectivity index (χ1n) is 6.03. The third-order valence-electron chi connectivity index (χ3n) is 2.48. The first-order valence-corrected chi connectivity index (χ1v) is 12.3. The second kappa shape index (κ2) is 9.78. The highest BCUT2D eigenvalue weighted by Crippen LogP contribution is 2.59. The molecular weight excluding hydrogens is 421 g/mol. The van der Waals surface area contributed by atoms with Gasteiger partial charge in [-0.25, -0.2) is 4.79 Å². The second-order valence-corrected chi connectivity index (χ2v) is 11.1. The Morgan fingerprint density at radius 3 is 2.61 bits per heavy atom. The molecule has 0 radical (unpaired) electrons. The molecule has 2 aromatic rings. The molecule has 2 rings (SSSR count). The zero-order valence-electron chi connectivity index (χ0n) is 11.6. The number of carbonyl (C=O) groups is 1. The third-order valence-corrected chi connectivity index (χ3v) is 5.03. The topological polar surface area (TPSA) is 60.4 Å². The largest absolute Gasteiger partial charge is 0.457 e. The second-order valence-electron chi connectivity index (χ2n) is 4.17. The molecular formula is C13H11Cl3O4P2S. The van der Waals surface area contributed by atoms with Crippen LogP contribution in [0.2, 0.25) is 0 Å². The number of thiophene rings is 1. The van der Waals surface area contributed by atoms with E-state index in [0.717, 1.165) is 15.6 Å². The van der Waals surface area contributed by atoms with Crippen molar-refractivity contribution in [3.05, 3.63) is 47.4 Å². The van der Waals surface area contributed by atoms with Gasteiger partial charge in [0.25, 0.3) is 13.7 Å². The molecule has 0 atom stereocenters. The van der Waals surface area contributed by atoms with E-state index in [0.29, 0.717) is 4.88 Å². The van der Waals surface area contributed by atoms with E-state index in [1.54, 1.807) is 12.1 Å². The summed E-state index contributed by atoms with van der Waals surface area (Å²) in [5.74, 6) is -3.53. The van der Waals surface area contributed by atoms with E-state index in [2.05, 4.69) is 17.8 Å². The van der Waals surface area contributed by atoms with Gasteiger partial charge < -0.3 is 4.74 Å². The molecule has 0 spiro atoms. The molecule has 0 aliphatic carbocycles. The number of hydrogen-bond acceptors (Lipinski definition) is 5. The van der Waals surface area contributed by atoms with Crippen LogP contribution in [-0.4, -0.2) is 12.6 Å². The van der Waals surface area contributed by atoms with Crippen LogP contribution in [0.4, 0.5) is 0 Å².